The summed E-state index contributed by atoms with van der Waals surface area (Å²) in [4.78, 5) is 0. The Labute approximate surface area is 103 Å². The monoisotopic (exact) mass is 238 g/mol. The molecule has 0 aliphatic carbocycles. The molecule has 0 fully saturated rings. The fourth-order valence-electron chi connectivity index (χ4n) is 1.95. The van der Waals surface area contributed by atoms with Crippen LogP contribution in [0.15, 0.2) is 34.9 Å². The van der Waals surface area contributed by atoms with Crippen molar-refractivity contribution in [1.82, 2.24) is 14.8 Å². The summed E-state index contributed by atoms with van der Waals surface area (Å²) in [5.41, 5.74) is 1.71. The molecule has 0 atom stereocenters. The van der Waals surface area contributed by atoms with E-state index in [4.69, 9.17) is 9.68 Å². The molecule has 0 aliphatic rings. The molecule has 5 nitrogen and oxygen atoms in total. The van der Waals surface area contributed by atoms with E-state index in [1.807, 2.05) is 29.0 Å². The van der Waals surface area contributed by atoms with Crippen LogP contribution in [-0.4, -0.2) is 14.8 Å². The lowest BCUT2D eigenvalue weighted by molar-refractivity contribution is 0.457. The predicted molar refractivity (Wildman–Crippen MR) is 64.8 cm³/mol. The van der Waals surface area contributed by atoms with Crippen LogP contribution in [0.25, 0.3) is 10.9 Å². The first kappa shape index (κ1) is 10.5. The lowest BCUT2D eigenvalue weighted by Gasteiger charge is -2.01. The number of aromatic nitrogens is 3. The molecule has 0 saturated carbocycles. The predicted octanol–water partition coefficient (Wildman–Crippen LogP) is 2.25. The van der Waals surface area contributed by atoms with Gasteiger partial charge in [0.15, 0.2) is 0 Å². The third kappa shape index (κ3) is 1.74. The maximum atomic E-state index is 8.85. The Bertz CT molecular complexity index is 748. The van der Waals surface area contributed by atoms with Crippen LogP contribution in [0.1, 0.15) is 17.3 Å². The molecule has 0 saturated heterocycles. The van der Waals surface area contributed by atoms with Gasteiger partial charge in [-0.3, -0.25) is 0 Å². The molecular formula is C13H10N4O. The highest BCUT2D eigenvalue weighted by Crippen LogP contribution is 2.18. The smallest absolute Gasteiger partial charge is 0.236 e. The number of nitrogens with zero attached hydrogens (tertiary/aromatic N) is 4. The maximum Gasteiger partial charge on any atom is 0.236 e. The Balaban J connectivity index is 2.00. The van der Waals surface area contributed by atoms with Crippen molar-refractivity contribution in [2.45, 2.75) is 13.5 Å². The first-order valence-electron chi connectivity index (χ1n) is 5.54. The number of aryl methyl sites for hydroxylation is 1. The minimum atomic E-state index is 0.538. The summed E-state index contributed by atoms with van der Waals surface area (Å²) in [6, 6.07) is 9.70. The Hall–Kier alpha value is -2.61. The third-order valence-electron chi connectivity index (χ3n) is 2.77. The van der Waals surface area contributed by atoms with Gasteiger partial charge in [0.2, 0.25) is 11.8 Å². The first-order chi connectivity index (χ1) is 8.76. The van der Waals surface area contributed by atoms with Gasteiger partial charge in [0, 0.05) is 24.0 Å². The fourth-order valence-corrected chi connectivity index (χ4v) is 1.95. The third-order valence-corrected chi connectivity index (χ3v) is 2.77. The largest absolute Gasteiger partial charge is 0.424 e. The average Bonchev–Trinajstić information content (AvgIpc) is 2.96. The highest BCUT2D eigenvalue weighted by Gasteiger charge is 2.06. The van der Waals surface area contributed by atoms with Crippen molar-refractivity contribution in [2.75, 3.05) is 0 Å². The van der Waals surface area contributed by atoms with Gasteiger partial charge in [0.05, 0.1) is 11.6 Å². The Morgan fingerprint density at radius 3 is 2.94 bits per heavy atom. The molecule has 0 bridgehead atoms. The zero-order valence-corrected chi connectivity index (χ0v) is 9.79. The minimum Gasteiger partial charge on any atom is -0.424 e. The SMILES string of the molecule is Cc1nnc(Cn2ccc3cc(C#N)ccc32)o1. The summed E-state index contributed by atoms with van der Waals surface area (Å²) in [6.07, 6.45) is 1.95. The van der Waals surface area contributed by atoms with E-state index >= 15 is 0 Å². The van der Waals surface area contributed by atoms with Gasteiger partial charge in [-0.1, -0.05) is 0 Å². The highest BCUT2D eigenvalue weighted by molar-refractivity contribution is 5.81. The Morgan fingerprint density at radius 2 is 2.22 bits per heavy atom. The second kappa shape index (κ2) is 4.00. The van der Waals surface area contributed by atoms with Gasteiger partial charge in [-0.15, -0.1) is 10.2 Å². The van der Waals surface area contributed by atoms with Crippen LogP contribution in [0, 0.1) is 18.3 Å². The summed E-state index contributed by atoms with van der Waals surface area (Å²) < 4.78 is 7.37. The number of hydrogen-bond acceptors (Lipinski definition) is 4. The van der Waals surface area contributed by atoms with E-state index in [-0.39, 0.29) is 0 Å². The zero-order valence-electron chi connectivity index (χ0n) is 9.79. The molecule has 2 heterocycles. The Kier molecular flexibility index (Phi) is 2.34. The molecule has 0 unspecified atom stereocenters. The molecule has 5 heteroatoms. The summed E-state index contributed by atoms with van der Waals surface area (Å²) >= 11 is 0. The fraction of sp³-hybridized carbons (Fsp3) is 0.154. The Morgan fingerprint density at radius 1 is 1.33 bits per heavy atom. The normalized spacial score (nSPS) is 10.7. The molecule has 0 N–H and O–H groups in total. The molecule has 18 heavy (non-hydrogen) atoms. The second-order valence-electron chi connectivity index (χ2n) is 4.04. The van der Waals surface area contributed by atoms with E-state index in [0.29, 0.717) is 23.9 Å². The topological polar surface area (TPSA) is 67.6 Å². The van der Waals surface area contributed by atoms with Gasteiger partial charge in [0.1, 0.15) is 6.54 Å². The number of hydrogen-bond donors (Lipinski definition) is 0. The van der Waals surface area contributed by atoms with Crippen molar-refractivity contribution in [3.05, 3.63) is 47.8 Å². The second-order valence-corrected chi connectivity index (χ2v) is 4.04. The zero-order chi connectivity index (χ0) is 12.5. The molecule has 1 aromatic carbocycles. The molecule has 0 spiro atoms. The molecule has 0 aliphatic heterocycles. The van der Waals surface area contributed by atoms with E-state index in [2.05, 4.69) is 16.3 Å². The van der Waals surface area contributed by atoms with Crippen LogP contribution in [0.5, 0.6) is 0 Å². The molecule has 3 rings (SSSR count). The van der Waals surface area contributed by atoms with Crippen LogP contribution in [0.2, 0.25) is 0 Å². The van der Waals surface area contributed by atoms with Crippen LogP contribution in [0.4, 0.5) is 0 Å². The summed E-state index contributed by atoms with van der Waals surface area (Å²) in [7, 11) is 0. The van der Waals surface area contributed by atoms with Crippen LogP contribution >= 0.6 is 0 Å². The first-order valence-corrected chi connectivity index (χ1v) is 5.54. The van der Waals surface area contributed by atoms with Crippen molar-refractivity contribution in [3.8, 4) is 6.07 Å². The van der Waals surface area contributed by atoms with E-state index in [1.54, 1.807) is 13.0 Å². The molecule has 3 aromatic rings. The molecule has 0 amide bonds. The van der Waals surface area contributed by atoms with Crippen molar-refractivity contribution in [2.24, 2.45) is 0 Å². The van der Waals surface area contributed by atoms with Gasteiger partial charge >= 0.3 is 0 Å². The molecule has 88 valence electrons. The quantitative estimate of drug-likeness (QED) is 0.686. The maximum absolute atomic E-state index is 8.85. The van der Waals surface area contributed by atoms with E-state index in [9.17, 15) is 0 Å². The molecule has 0 radical (unpaired) electrons. The van der Waals surface area contributed by atoms with Crippen molar-refractivity contribution >= 4 is 10.9 Å². The molecular weight excluding hydrogens is 228 g/mol. The number of benzene rings is 1. The van der Waals surface area contributed by atoms with Crippen molar-refractivity contribution < 1.29 is 4.42 Å². The van der Waals surface area contributed by atoms with Gasteiger partial charge in [-0.05, 0) is 24.3 Å². The molecule has 2 aromatic heterocycles. The highest BCUT2D eigenvalue weighted by atomic mass is 16.4. The van der Waals surface area contributed by atoms with Gasteiger partial charge in [-0.25, -0.2) is 0 Å². The number of nitriles is 1. The van der Waals surface area contributed by atoms with Crippen molar-refractivity contribution in [3.63, 3.8) is 0 Å². The van der Waals surface area contributed by atoms with Crippen LogP contribution < -0.4 is 0 Å². The van der Waals surface area contributed by atoms with E-state index in [0.717, 1.165) is 10.9 Å². The average molecular weight is 238 g/mol. The lowest BCUT2D eigenvalue weighted by atomic mass is 10.2. The van der Waals surface area contributed by atoms with Gasteiger partial charge < -0.3 is 8.98 Å². The van der Waals surface area contributed by atoms with E-state index < -0.39 is 0 Å². The van der Waals surface area contributed by atoms with E-state index in [1.165, 1.54) is 0 Å². The van der Waals surface area contributed by atoms with Gasteiger partial charge in [-0.2, -0.15) is 5.26 Å². The summed E-state index contributed by atoms with van der Waals surface area (Å²) in [5.74, 6) is 1.14. The summed E-state index contributed by atoms with van der Waals surface area (Å²) in [6.45, 7) is 2.31. The van der Waals surface area contributed by atoms with Crippen molar-refractivity contribution in [1.29, 1.82) is 5.26 Å². The minimum absolute atomic E-state index is 0.538. The summed E-state index contributed by atoms with van der Waals surface area (Å²) in [5, 5.41) is 17.7. The standard InChI is InChI=1S/C13H10N4O/c1-9-15-16-13(18-9)8-17-5-4-11-6-10(7-14)2-3-12(11)17/h2-6H,8H2,1H3. The number of rotatable bonds is 2. The van der Waals surface area contributed by atoms with Crippen LogP contribution in [0.3, 0.4) is 0 Å². The van der Waals surface area contributed by atoms with Crippen LogP contribution in [-0.2, 0) is 6.54 Å². The number of fused-ring (bicyclic) bond motifs is 1. The lowest BCUT2D eigenvalue weighted by Crippen LogP contribution is -1.98. The van der Waals surface area contributed by atoms with Gasteiger partial charge in [0.25, 0.3) is 0 Å².